The third kappa shape index (κ3) is 4.67. The molecule has 3 saturated heterocycles. The lowest BCUT2D eigenvalue weighted by Gasteiger charge is -2.45. The number of aliphatic imine (C=N–C) groups is 1. The van der Waals surface area contributed by atoms with Crippen molar-refractivity contribution in [2.24, 2.45) is 4.99 Å². The number of nitrogens with one attached hydrogen (secondary N) is 1. The van der Waals surface area contributed by atoms with Gasteiger partial charge in [-0.3, -0.25) is 9.89 Å². The van der Waals surface area contributed by atoms with Crippen LogP contribution in [-0.2, 0) is 11.2 Å². The zero-order chi connectivity index (χ0) is 20.1. The normalized spacial score (nSPS) is 23.6. The van der Waals surface area contributed by atoms with Crippen molar-refractivity contribution in [1.82, 2.24) is 24.5 Å². The predicted molar refractivity (Wildman–Crippen MR) is 118 cm³/mol. The predicted octanol–water partition coefficient (Wildman–Crippen LogP) is 1.44. The number of nitrogens with zero attached hydrogens (tertiary/aromatic N) is 6. The van der Waals surface area contributed by atoms with Crippen LogP contribution in [0, 0.1) is 0 Å². The first-order valence-corrected chi connectivity index (χ1v) is 11.9. The first-order valence-electron chi connectivity index (χ1n) is 11.1. The molecule has 0 aromatic carbocycles. The topological polar surface area (TPSA) is 69.1 Å². The van der Waals surface area contributed by atoms with Gasteiger partial charge in [-0.15, -0.1) is 0 Å². The number of anilines is 1. The van der Waals surface area contributed by atoms with E-state index >= 15 is 0 Å². The van der Waals surface area contributed by atoms with Crippen LogP contribution in [0.3, 0.4) is 0 Å². The smallest absolute Gasteiger partial charge is 0.205 e. The van der Waals surface area contributed by atoms with Crippen molar-refractivity contribution in [2.75, 3.05) is 71.0 Å². The molecule has 0 spiro atoms. The van der Waals surface area contributed by atoms with Crippen LogP contribution < -0.4 is 10.2 Å². The molecule has 0 bridgehead atoms. The number of aromatic nitrogens is 2. The molecule has 3 fully saturated rings. The number of rotatable bonds is 5. The standard InChI is InChI=1S/C20H35N7OS/c1-3-17-23-19(29-24-17)26-12-10-25(11-13-26)18(21-2)22-16-20(6-14-28-15-7-20)27-8-4-5-9-27/h3-16H2,1-2H3,(H,21,22). The van der Waals surface area contributed by atoms with Crippen molar-refractivity contribution in [3.63, 3.8) is 0 Å². The summed E-state index contributed by atoms with van der Waals surface area (Å²) < 4.78 is 10.1. The van der Waals surface area contributed by atoms with Crippen LogP contribution in [0.2, 0.25) is 0 Å². The Morgan fingerprint density at radius 1 is 1.14 bits per heavy atom. The fraction of sp³-hybridized carbons (Fsp3) is 0.850. The molecule has 9 heteroatoms. The summed E-state index contributed by atoms with van der Waals surface area (Å²) in [5, 5.41) is 4.78. The third-order valence-electron chi connectivity index (χ3n) is 6.61. The lowest BCUT2D eigenvalue weighted by molar-refractivity contribution is -0.0166. The van der Waals surface area contributed by atoms with E-state index < -0.39 is 0 Å². The van der Waals surface area contributed by atoms with E-state index in [4.69, 9.17) is 4.74 Å². The maximum atomic E-state index is 5.69. The maximum Gasteiger partial charge on any atom is 0.205 e. The summed E-state index contributed by atoms with van der Waals surface area (Å²) in [6.07, 6.45) is 5.77. The van der Waals surface area contributed by atoms with Gasteiger partial charge in [0.1, 0.15) is 5.82 Å². The van der Waals surface area contributed by atoms with Crippen LogP contribution in [0.1, 0.15) is 38.4 Å². The van der Waals surface area contributed by atoms with E-state index in [1.165, 1.54) is 37.5 Å². The first kappa shape index (κ1) is 20.8. The van der Waals surface area contributed by atoms with Crippen molar-refractivity contribution in [3.05, 3.63) is 5.82 Å². The summed E-state index contributed by atoms with van der Waals surface area (Å²) in [7, 11) is 1.90. The minimum absolute atomic E-state index is 0.218. The Morgan fingerprint density at radius 3 is 2.48 bits per heavy atom. The minimum atomic E-state index is 0.218. The van der Waals surface area contributed by atoms with Gasteiger partial charge in [-0.05, 0) is 38.8 Å². The number of piperazine rings is 1. The number of guanidine groups is 1. The molecule has 4 heterocycles. The fourth-order valence-electron chi connectivity index (χ4n) is 4.75. The molecule has 1 N–H and O–H groups in total. The molecule has 8 nitrogen and oxygen atoms in total. The highest BCUT2D eigenvalue weighted by Crippen LogP contribution is 2.31. The van der Waals surface area contributed by atoms with E-state index in [1.54, 1.807) is 0 Å². The lowest BCUT2D eigenvalue weighted by Crippen LogP contribution is -2.60. The molecule has 4 rings (SSSR count). The van der Waals surface area contributed by atoms with Gasteiger partial charge in [0, 0.05) is 76.5 Å². The molecule has 1 aromatic rings. The van der Waals surface area contributed by atoms with Crippen molar-refractivity contribution < 1.29 is 4.74 Å². The molecule has 0 radical (unpaired) electrons. The molecule has 1 aromatic heterocycles. The molecule has 0 amide bonds. The number of hydrogen-bond donors (Lipinski definition) is 1. The Bertz CT molecular complexity index is 674. The number of aryl methyl sites for hydroxylation is 1. The highest BCUT2D eigenvalue weighted by atomic mass is 32.1. The second-order valence-electron chi connectivity index (χ2n) is 8.25. The van der Waals surface area contributed by atoms with Gasteiger partial charge in [-0.1, -0.05) is 6.92 Å². The summed E-state index contributed by atoms with van der Waals surface area (Å²) in [5.74, 6) is 1.98. The molecule has 0 atom stereocenters. The summed E-state index contributed by atoms with van der Waals surface area (Å²) in [4.78, 5) is 16.7. The zero-order valence-electron chi connectivity index (χ0n) is 17.9. The summed E-state index contributed by atoms with van der Waals surface area (Å²) in [5.41, 5.74) is 0.218. The summed E-state index contributed by atoms with van der Waals surface area (Å²) in [6, 6.07) is 0. The highest BCUT2D eigenvalue weighted by Gasteiger charge is 2.40. The quantitative estimate of drug-likeness (QED) is 0.570. The molecular weight excluding hydrogens is 386 g/mol. The second kappa shape index (κ2) is 9.57. The van der Waals surface area contributed by atoms with E-state index in [-0.39, 0.29) is 5.54 Å². The van der Waals surface area contributed by atoms with Gasteiger partial charge in [0.25, 0.3) is 0 Å². The molecule has 3 aliphatic rings. The van der Waals surface area contributed by atoms with Crippen LogP contribution in [0.15, 0.2) is 4.99 Å². The second-order valence-corrected chi connectivity index (χ2v) is 8.98. The van der Waals surface area contributed by atoms with Crippen LogP contribution in [-0.4, -0.2) is 96.7 Å². The SMILES string of the molecule is CCc1nsc(N2CCN(C(=NC)NCC3(N4CCCC4)CCOCC3)CC2)n1. The molecule has 3 aliphatic heterocycles. The number of likely N-dealkylation sites (tertiary alicyclic amines) is 1. The summed E-state index contributed by atoms with van der Waals surface area (Å²) >= 11 is 1.52. The van der Waals surface area contributed by atoms with Crippen molar-refractivity contribution in [1.29, 1.82) is 0 Å². The van der Waals surface area contributed by atoms with Crippen molar-refractivity contribution in [3.8, 4) is 0 Å². The van der Waals surface area contributed by atoms with Crippen LogP contribution in [0.4, 0.5) is 5.13 Å². The van der Waals surface area contributed by atoms with Gasteiger partial charge in [-0.25, -0.2) is 4.98 Å². The highest BCUT2D eigenvalue weighted by molar-refractivity contribution is 7.09. The first-order chi connectivity index (χ1) is 14.2. The lowest BCUT2D eigenvalue weighted by atomic mass is 9.88. The van der Waals surface area contributed by atoms with Crippen LogP contribution >= 0.6 is 11.5 Å². The molecule has 0 aliphatic carbocycles. The Hall–Kier alpha value is -1.45. The molecule has 29 heavy (non-hydrogen) atoms. The van der Waals surface area contributed by atoms with E-state index in [9.17, 15) is 0 Å². The van der Waals surface area contributed by atoms with Gasteiger partial charge in [0.15, 0.2) is 5.96 Å². The molecule has 0 saturated carbocycles. The van der Waals surface area contributed by atoms with E-state index in [1.807, 2.05) is 7.05 Å². The Labute approximate surface area is 178 Å². The Kier molecular flexibility index (Phi) is 6.87. The number of hydrogen-bond acceptors (Lipinski definition) is 7. The van der Waals surface area contributed by atoms with Gasteiger partial charge in [0.05, 0.1) is 0 Å². The average molecular weight is 422 g/mol. The van der Waals surface area contributed by atoms with Gasteiger partial charge >= 0.3 is 0 Å². The van der Waals surface area contributed by atoms with E-state index in [0.717, 1.165) is 82.1 Å². The van der Waals surface area contributed by atoms with Crippen LogP contribution in [0.5, 0.6) is 0 Å². The van der Waals surface area contributed by atoms with Gasteiger partial charge in [0.2, 0.25) is 5.13 Å². The van der Waals surface area contributed by atoms with Crippen molar-refractivity contribution in [2.45, 2.75) is 44.6 Å². The van der Waals surface area contributed by atoms with Gasteiger partial charge in [-0.2, -0.15) is 4.37 Å². The molecule has 162 valence electrons. The Balaban J connectivity index is 1.33. The summed E-state index contributed by atoms with van der Waals surface area (Å²) in [6.45, 7) is 11.1. The maximum absolute atomic E-state index is 5.69. The zero-order valence-corrected chi connectivity index (χ0v) is 18.7. The third-order valence-corrected chi connectivity index (χ3v) is 7.43. The van der Waals surface area contributed by atoms with Crippen LogP contribution in [0.25, 0.3) is 0 Å². The molecule has 0 unspecified atom stereocenters. The van der Waals surface area contributed by atoms with Crippen molar-refractivity contribution >= 4 is 22.6 Å². The average Bonchev–Trinajstić information content (AvgIpc) is 3.48. The van der Waals surface area contributed by atoms with Gasteiger partial charge < -0.3 is 19.9 Å². The Morgan fingerprint density at radius 2 is 1.86 bits per heavy atom. The molecular formula is C20H35N7OS. The largest absolute Gasteiger partial charge is 0.381 e. The van der Waals surface area contributed by atoms with E-state index in [2.05, 4.69) is 41.3 Å². The number of ether oxygens (including phenoxy) is 1. The monoisotopic (exact) mass is 421 g/mol. The van der Waals surface area contributed by atoms with E-state index in [0.29, 0.717) is 0 Å². The fourth-order valence-corrected chi connectivity index (χ4v) is 5.55. The minimum Gasteiger partial charge on any atom is -0.381 e.